The van der Waals surface area contributed by atoms with Crippen LogP contribution in [0.4, 0.5) is 0 Å². The lowest BCUT2D eigenvalue weighted by molar-refractivity contribution is -0.209. The molecule has 0 saturated carbocycles. The number of hydrogen-bond donors (Lipinski definition) is 0. The summed E-state index contributed by atoms with van der Waals surface area (Å²) in [5.41, 5.74) is 0.0999. The van der Waals surface area contributed by atoms with Gasteiger partial charge in [-0.2, -0.15) is 0 Å². The third kappa shape index (κ3) is 2.78. The van der Waals surface area contributed by atoms with Crippen LogP contribution in [0.2, 0.25) is 0 Å². The van der Waals surface area contributed by atoms with Crippen LogP contribution in [-0.2, 0) is 14.4 Å². The quantitative estimate of drug-likeness (QED) is 0.320. The van der Waals surface area contributed by atoms with Gasteiger partial charge in [-0.15, -0.1) is 0 Å². The van der Waals surface area contributed by atoms with Gasteiger partial charge in [-0.05, 0) is 13.3 Å². The van der Waals surface area contributed by atoms with E-state index in [1.54, 1.807) is 6.92 Å². The summed E-state index contributed by atoms with van der Waals surface area (Å²) in [6, 6.07) is 0. The third-order valence-corrected chi connectivity index (χ3v) is 2.35. The first kappa shape index (κ1) is 13.1. The molecule has 1 heterocycles. The minimum atomic E-state index is -0.482. The van der Waals surface area contributed by atoms with E-state index in [1.165, 1.54) is 13.1 Å². The van der Waals surface area contributed by atoms with Crippen LogP contribution in [-0.4, -0.2) is 29.0 Å². The predicted octanol–water partition coefficient (Wildman–Crippen LogP) is 1.23. The van der Waals surface area contributed by atoms with Crippen molar-refractivity contribution in [3.05, 3.63) is 11.6 Å². The van der Waals surface area contributed by atoms with Crippen LogP contribution in [0.25, 0.3) is 0 Å². The van der Waals surface area contributed by atoms with E-state index in [4.69, 9.17) is 4.84 Å². The molecule has 0 aromatic heterocycles. The van der Waals surface area contributed by atoms with Crippen molar-refractivity contribution in [2.75, 3.05) is 7.05 Å². The van der Waals surface area contributed by atoms with Gasteiger partial charge < -0.3 is 4.84 Å². The van der Waals surface area contributed by atoms with Crippen LogP contribution in [0, 0.1) is 12.0 Å². The number of rotatable bonds is 3. The van der Waals surface area contributed by atoms with Crippen molar-refractivity contribution in [1.82, 2.24) is 10.2 Å². The summed E-state index contributed by atoms with van der Waals surface area (Å²) in [5, 5.41) is 1.97. The molecule has 0 aliphatic carbocycles. The number of carbonyl (C=O) groups is 2. The van der Waals surface area contributed by atoms with Gasteiger partial charge in [0.1, 0.15) is 11.7 Å². The molecule has 0 atom stereocenters. The zero-order valence-corrected chi connectivity index (χ0v) is 10.3. The minimum absolute atomic E-state index is 0.0999. The highest BCUT2D eigenvalue weighted by atomic mass is 16.7. The zero-order chi connectivity index (χ0) is 12.8. The topological polar surface area (TPSA) is 49.9 Å². The summed E-state index contributed by atoms with van der Waals surface area (Å²) >= 11 is 0. The highest BCUT2D eigenvalue weighted by Crippen LogP contribution is 2.17. The molecule has 17 heavy (non-hydrogen) atoms. The van der Waals surface area contributed by atoms with Crippen molar-refractivity contribution in [3.8, 4) is 12.0 Å². The van der Waals surface area contributed by atoms with Crippen LogP contribution in [0.1, 0.15) is 33.1 Å². The number of amides is 2. The molecule has 1 aliphatic rings. The van der Waals surface area contributed by atoms with E-state index in [0.717, 1.165) is 23.0 Å². The number of unbranched alkanes of at least 4 members (excludes halogenated alkanes) is 2. The predicted molar refractivity (Wildman–Crippen MR) is 61.8 cm³/mol. The lowest BCUT2D eigenvalue weighted by atomic mass is 10.2. The molecule has 0 radical (unpaired) electrons. The maximum absolute atomic E-state index is 11.7. The Kier molecular flexibility index (Phi) is 4.58. The standard InChI is InChI=1S/C12H16N2O3/c1-4-6-7-8-9-17-14-12(16)10(5-2)11(15)13(14)3/h5H,4,6-7H2,1-3H3/b10-5-. The highest BCUT2D eigenvalue weighted by Gasteiger charge is 2.40. The third-order valence-electron chi connectivity index (χ3n) is 2.35. The molecule has 5 nitrogen and oxygen atoms in total. The molecule has 1 fully saturated rings. The minimum Gasteiger partial charge on any atom is -0.302 e. The maximum Gasteiger partial charge on any atom is 0.315 e. The fourth-order valence-electron chi connectivity index (χ4n) is 1.33. The van der Waals surface area contributed by atoms with Gasteiger partial charge in [-0.25, -0.2) is 5.01 Å². The summed E-state index contributed by atoms with van der Waals surface area (Å²) in [4.78, 5) is 28.2. The van der Waals surface area contributed by atoms with Crippen molar-refractivity contribution in [2.45, 2.75) is 33.1 Å². The fourth-order valence-corrected chi connectivity index (χ4v) is 1.33. The largest absolute Gasteiger partial charge is 0.315 e. The monoisotopic (exact) mass is 236 g/mol. The van der Waals surface area contributed by atoms with Crippen LogP contribution >= 0.6 is 0 Å². The SMILES string of the molecule is C/C=C1/C(=O)N(C)N(OC#CCCCC)C1=O. The zero-order valence-electron chi connectivity index (χ0n) is 10.3. The Morgan fingerprint density at radius 2 is 2.06 bits per heavy atom. The molecule has 0 N–H and O–H groups in total. The van der Waals surface area contributed by atoms with Crippen molar-refractivity contribution >= 4 is 11.8 Å². The normalized spacial score (nSPS) is 17.5. The van der Waals surface area contributed by atoms with Gasteiger partial charge in [0.05, 0.1) is 0 Å². The number of likely N-dealkylation sites (N-methyl/N-ethyl adjacent to an activating group) is 1. The van der Waals surface area contributed by atoms with Gasteiger partial charge in [-0.3, -0.25) is 9.59 Å². The first-order chi connectivity index (χ1) is 8.13. The van der Waals surface area contributed by atoms with Gasteiger partial charge in [0.25, 0.3) is 5.91 Å². The molecular weight excluding hydrogens is 220 g/mol. The Bertz CT molecular complexity index is 404. The van der Waals surface area contributed by atoms with E-state index in [-0.39, 0.29) is 11.5 Å². The van der Waals surface area contributed by atoms with Crippen molar-refractivity contribution in [1.29, 1.82) is 0 Å². The molecule has 0 aromatic rings. The lowest BCUT2D eigenvalue weighted by Gasteiger charge is -2.17. The summed E-state index contributed by atoms with van der Waals surface area (Å²) in [7, 11) is 1.46. The molecule has 0 bridgehead atoms. The average molecular weight is 236 g/mol. The first-order valence-corrected chi connectivity index (χ1v) is 5.57. The Labute approximate surface area is 101 Å². The van der Waals surface area contributed by atoms with E-state index < -0.39 is 5.91 Å². The number of hydrogen-bond acceptors (Lipinski definition) is 3. The Morgan fingerprint density at radius 3 is 2.59 bits per heavy atom. The molecule has 0 unspecified atom stereocenters. The van der Waals surface area contributed by atoms with Crippen molar-refractivity contribution in [3.63, 3.8) is 0 Å². The van der Waals surface area contributed by atoms with Crippen LogP contribution in [0.15, 0.2) is 11.6 Å². The Balaban J connectivity index is 2.62. The fraction of sp³-hybridized carbons (Fsp3) is 0.500. The average Bonchev–Trinajstić information content (AvgIpc) is 2.52. The van der Waals surface area contributed by atoms with E-state index in [9.17, 15) is 9.59 Å². The Morgan fingerprint density at radius 1 is 1.35 bits per heavy atom. The van der Waals surface area contributed by atoms with Gasteiger partial charge >= 0.3 is 5.91 Å². The van der Waals surface area contributed by atoms with E-state index in [0.29, 0.717) is 6.42 Å². The number of allylic oxidation sites excluding steroid dienone is 1. The lowest BCUT2D eigenvalue weighted by Crippen LogP contribution is -2.36. The molecule has 2 amide bonds. The van der Waals surface area contributed by atoms with E-state index in [1.807, 2.05) is 0 Å². The molecule has 1 saturated heterocycles. The second-order valence-corrected chi connectivity index (χ2v) is 3.58. The molecule has 5 heteroatoms. The van der Waals surface area contributed by atoms with E-state index >= 15 is 0 Å². The molecule has 0 spiro atoms. The second kappa shape index (κ2) is 5.94. The van der Waals surface area contributed by atoms with Gasteiger partial charge in [0.2, 0.25) is 0 Å². The smallest absolute Gasteiger partial charge is 0.302 e. The summed E-state index contributed by atoms with van der Waals surface area (Å²) in [6.45, 7) is 3.70. The van der Waals surface area contributed by atoms with Crippen molar-refractivity contribution < 1.29 is 14.4 Å². The molecular formula is C12H16N2O3. The number of hydroxylamine groups is 1. The van der Waals surface area contributed by atoms with Crippen LogP contribution in [0.3, 0.4) is 0 Å². The van der Waals surface area contributed by atoms with Gasteiger partial charge in [0, 0.05) is 13.5 Å². The number of hydrazine groups is 1. The molecule has 1 rings (SSSR count). The van der Waals surface area contributed by atoms with E-state index in [2.05, 4.69) is 19.0 Å². The summed E-state index contributed by atoms with van der Waals surface area (Å²) in [6.07, 6.45) is 6.64. The summed E-state index contributed by atoms with van der Waals surface area (Å²) in [5.74, 6) is 1.92. The molecule has 1 aliphatic heterocycles. The maximum atomic E-state index is 11.7. The number of nitrogens with zero attached hydrogens (tertiary/aromatic N) is 2. The molecule has 0 aromatic carbocycles. The van der Waals surface area contributed by atoms with Gasteiger partial charge in [-0.1, -0.05) is 30.5 Å². The Hall–Kier alpha value is -1.96. The number of carbonyl (C=O) groups excluding carboxylic acids is 2. The molecule has 92 valence electrons. The van der Waals surface area contributed by atoms with Crippen LogP contribution < -0.4 is 0 Å². The highest BCUT2D eigenvalue weighted by molar-refractivity contribution is 6.21. The summed E-state index contributed by atoms with van der Waals surface area (Å²) < 4.78 is 0. The van der Waals surface area contributed by atoms with Crippen LogP contribution in [0.5, 0.6) is 0 Å². The second-order valence-electron chi connectivity index (χ2n) is 3.58. The first-order valence-electron chi connectivity index (χ1n) is 5.57. The van der Waals surface area contributed by atoms with Gasteiger partial charge in [0.15, 0.2) is 0 Å². The van der Waals surface area contributed by atoms with Crippen molar-refractivity contribution in [2.24, 2.45) is 0 Å².